The molecular weight excluding hydrogens is 422 g/mol. The number of halogens is 1. The SMILES string of the molecule is CCC(CO)CC1=Cc2ccccc2C12CCC(Nc1cccc(Cl)c1)(C(=O)OC)CC2. The van der Waals surface area contributed by atoms with Crippen LogP contribution in [-0.2, 0) is 14.9 Å². The van der Waals surface area contributed by atoms with Gasteiger partial charge in [0.15, 0.2) is 0 Å². The minimum Gasteiger partial charge on any atom is -0.467 e. The predicted octanol–water partition coefficient (Wildman–Crippen LogP) is 5.98. The first-order chi connectivity index (χ1) is 15.5. The van der Waals surface area contributed by atoms with Gasteiger partial charge in [-0.05, 0) is 67.3 Å². The van der Waals surface area contributed by atoms with Gasteiger partial charge in [-0.3, -0.25) is 0 Å². The van der Waals surface area contributed by atoms with Crippen LogP contribution in [0.4, 0.5) is 5.69 Å². The number of allylic oxidation sites excluding steroid dienone is 1. The Kier molecular flexibility index (Phi) is 6.64. The van der Waals surface area contributed by atoms with Gasteiger partial charge in [-0.2, -0.15) is 0 Å². The van der Waals surface area contributed by atoms with Gasteiger partial charge >= 0.3 is 5.97 Å². The summed E-state index contributed by atoms with van der Waals surface area (Å²) in [5, 5.41) is 14.0. The molecule has 1 unspecified atom stereocenters. The Hall–Kier alpha value is -2.30. The average Bonchev–Trinajstić information content (AvgIpc) is 3.11. The Morgan fingerprint density at radius 3 is 2.56 bits per heavy atom. The molecule has 0 heterocycles. The number of esters is 1. The number of carbonyl (C=O) groups is 1. The molecule has 2 N–H and O–H groups in total. The molecule has 0 aromatic heterocycles. The van der Waals surface area contributed by atoms with Gasteiger partial charge in [0.2, 0.25) is 0 Å². The molecule has 2 aliphatic carbocycles. The molecule has 170 valence electrons. The second-order valence-corrected chi connectivity index (χ2v) is 9.65. The zero-order valence-electron chi connectivity index (χ0n) is 18.9. The van der Waals surface area contributed by atoms with E-state index in [1.807, 2.05) is 24.3 Å². The number of anilines is 1. The molecule has 32 heavy (non-hydrogen) atoms. The third-order valence-electron chi connectivity index (χ3n) is 7.51. The van der Waals surface area contributed by atoms with Crippen molar-refractivity contribution >= 4 is 29.3 Å². The molecule has 1 spiro atoms. The number of fused-ring (bicyclic) bond motifs is 2. The maximum atomic E-state index is 13.0. The van der Waals surface area contributed by atoms with Gasteiger partial charge in [0.25, 0.3) is 0 Å². The normalized spacial score (nSPS) is 25.2. The van der Waals surface area contributed by atoms with Crippen molar-refractivity contribution in [1.82, 2.24) is 0 Å². The Morgan fingerprint density at radius 2 is 1.91 bits per heavy atom. The van der Waals surface area contributed by atoms with Gasteiger partial charge in [0.05, 0.1) is 7.11 Å². The fraction of sp³-hybridized carbons (Fsp3) is 0.444. The Labute approximate surface area is 195 Å². The van der Waals surface area contributed by atoms with E-state index in [0.717, 1.165) is 31.4 Å². The molecule has 1 atom stereocenters. The van der Waals surface area contributed by atoms with E-state index < -0.39 is 5.54 Å². The highest BCUT2D eigenvalue weighted by atomic mass is 35.5. The third kappa shape index (κ3) is 4.06. The molecule has 4 nitrogen and oxygen atoms in total. The van der Waals surface area contributed by atoms with Crippen LogP contribution in [0.2, 0.25) is 5.02 Å². The van der Waals surface area contributed by atoms with E-state index in [-0.39, 0.29) is 23.9 Å². The lowest BCUT2D eigenvalue weighted by Gasteiger charge is -2.46. The summed E-state index contributed by atoms with van der Waals surface area (Å²) < 4.78 is 5.26. The number of carbonyl (C=O) groups excluding carboxylic acids is 1. The van der Waals surface area contributed by atoms with Crippen molar-refractivity contribution in [2.75, 3.05) is 19.0 Å². The number of methoxy groups -OCH3 is 1. The van der Waals surface area contributed by atoms with Crippen LogP contribution in [0.15, 0.2) is 54.1 Å². The number of hydrogen-bond donors (Lipinski definition) is 2. The molecule has 2 aromatic carbocycles. The van der Waals surface area contributed by atoms with Crippen molar-refractivity contribution in [2.24, 2.45) is 5.92 Å². The van der Waals surface area contributed by atoms with Gasteiger partial charge < -0.3 is 15.2 Å². The maximum Gasteiger partial charge on any atom is 0.331 e. The minimum absolute atomic E-state index is 0.0906. The summed E-state index contributed by atoms with van der Waals surface area (Å²) in [6, 6.07) is 16.1. The fourth-order valence-corrected chi connectivity index (χ4v) is 5.76. The Morgan fingerprint density at radius 1 is 1.16 bits per heavy atom. The zero-order chi connectivity index (χ0) is 22.8. The smallest absolute Gasteiger partial charge is 0.331 e. The van der Waals surface area contributed by atoms with Crippen molar-refractivity contribution in [3.8, 4) is 0 Å². The lowest BCUT2D eigenvalue weighted by molar-refractivity contribution is -0.147. The molecule has 0 aliphatic heterocycles. The first kappa shape index (κ1) is 22.9. The van der Waals surface area contributed by atoms with E-state index in [4.69, 9.17) is 16.3 Å². The Bertz CT molecular complexity index is 1000. The van der Waals surface area contributed by atoms with Crippen molar-refractivity contribution in [3.63, 3.8) is 0 Å². The average molecular weight is 454 g/mol. The summed E-state index contributed by atoms with van der Waals surface area (Å²) in [5.74, 6) is 0.0234. The number of aliphatic hydroxyl groups excluding tert-OH is 1. The largest absolute Gasteiger partial charge is 0.467 e. The second-order valence-electron chi connectivity index (χ2n) is 9.21. The summed E-state index contributed by atoms with van der Waals surface area (Å²) in [4.78, 5) is 13.0. The van der Waals surface area contributed by atoms with E-state index >= 15 is 0 Å². The lowest BCUT2D eigenvalue weighted by Crippen LogP contribution is -2.52. The molecule has 2 aliphatic rings. The van der Waals surface area contributed by atoms with Crippen LogP contribution in [0.3, 0.4) is 0 Å². The van der Waals surface area contributed by atoms with Crippen LogP contribution in [0.1, 0.15) is 56.6 Å². The summed E-state index contributed by atoms with van der Waals surface area (Å²) in [7, 11) is 1.46. The van der Waals surface area contributed by atoms with Gasteiger partial charge in [-0.25, -0.2) is 4.79 Å². The van der Waals surface area contributed by atoms with E-state index in [2.05, 4.69) is 42.6 Å². The summed E-state index contributed by atoms with van der Waals surface area (Å²) in [6.45, 7) is 2.33. The number of benzene rings is 2. The molecule has 0 amide bonds. The highest BCUT2D eigenvalue weighted by molar-refractivity contribution is 6.30. The molecular formula is C27H32ClNO3. The van der Waals surface area contributed by atoms with Crippen LogP contribution >= 0.6 is 11.6 Å². The number of ether oxygens (including phenoxy) is 1. The van der Waals surface area contributed by atoms with E-state index in [1.54, 1.807) is 0 Å². The van der Waals surface area contributed by atoms with Crippen LogP contribution in [0.5, 0.6) is 0 Å². The van der Waals surface area contributed by atoms with Crippen molar-refractivity contribution in [2.45, 2.75) is 56.4 Å². The molecule has 1 fully saturated rings. The molecule has 0 saturated heterocycles. The summed E-state index contributed by atoms with van der Waals surface area (Å²) in [5.41, 5.74) is 3.96. The molecule has 4 rings (SSSR count). The lowest BCUT2D eigenvalue weighted by atomic mass is 9.61. The standard InChI is InChI=1S/C27H32ClNO3/c1-3-19(18-30)15-21-16-20-7-4-5-10-24(20)26(21)11-13-27(14-12-26,25(31)32-2)29-23-9-6-8-22(28)17-23/h4-10,16-17,19,29-30H,3,11-15,18H2,1-2H3. The van der Waals surface area contributed by atoms with Crippen molar-refractivity contribution < 1.29 is 14.6 Å². The van der Waals surface area contributed by atoms with Gasteiger partial charge in [0.1, 0.15) is 5.54 Å². The maximum absolute atomic E-state index is 13.0. The van der Waals surface area contributed by atoms with Gasteiger partial charge in [-0.15, -0.1) is 0 Å². The molecule has 0 radical (unpaired) electrons. The number of hydrogen-bond acceptors (Lipinski definition) is 4. The minimum atomic E-state index is -0.783. The number of nitrogens with one attached hydrogen (secondary N) is 1. The number of rotatable bonds is 7. The highest BCUT2D eigenvalue weighted by Gasteiger charge is 2.51. The van der Waals surface area contributed by atoms with Crippen LogP contribution in [0, 0.1) is 5.92 Å². The Balaban J connectivity index is 1.66. The van der Waals surface area contributed by atoms with Gasteiger partial charge in [0, 0.05) is 22.7 Å². The zero-order valence-corrected chi connectivity index (χ0v) is 19.6. The molecule has 1 saturated carbocycles. The third-order valence-corrected chi connectivity index (χ3v) is 7.74. The van der Waals surface area contributed by atoms with Gasteiger partial charge in [-0.1, -0.05) is 66.9 Å². The molecule has 2 aromatic rings. The monoisotopic (exact) mass is 453 g/mol. The summed E-state index contributed by atoms with van der Waals surface area (Å²) in [6.07, 6.45) is 7.17. The van der Waals surface area contributed by atoms with E-state index in [9.17, 15) is 9.90 Å². The quantitative estimate of drug-likeness (QED) is 0.506. The second kappa shape index (κ2) is 9.29. The van der Waals surface area contributed by atoms with Crippen LogP contribution < -0.4 is 5.32 Å². The van der Waals surface area contributed by atoms with E-state index in [1.165, 1.54) is 23.8 Å². The molecule has 5 heteroatoms. The highest BCUT2D eigenvalue weighted by Crippen LogP contribution is 2.55. The first-order valence-corrected chi connectivity index (χ1v) is 11.9. The molecule has 0 bridgehead atoms. The van der Waals surface area contributed by atoms with Crippen LogP contribution in [0.25, 0.3) is 6.08 Å². The topological polar surface area (TPSA) is 58.6 Å². The van der Waals surface area contributed by atoms with Crippen molar-refractivity contribution in [1.29, 1.82) is 0 Å². The van der Waals surface area contributed by atoms with E-state index in [0.29, 0.717) is 17.9 Å². The first-order valence-electron chi connectivity index (χ1n) is 11.5. The van der Waals surface area contributed by atoms with Crippen LogP contribution in [-0.4, -0.2) is 30.3 Å². The predicted molar refractivity (Wildman–Crippen MR) is 130 cm³/mol. The van der Waals surface area contributed by atoms with Crippen molar-refractivity contribution in [3.05, 3.63) is 70.3 Å². The number of aliphatic hydroxyl groups is 1. The fourth-order valence-electron chi connectivity index (χ4n) is 5.57. The summed E-state index contributed by atoms with van der Waals surface area (Å²) >= 11 is 6.19.